The van der Waals surface area contributed by atoms with Gasteiger partial charge >= 0.3 is 0 Å². The molecule has 0 N–H and O–H groups in total. The zero-order valence-corrected chi connectivity index (χ0v) is 17.2. The van der Waals surface area contributed by atoms with Gasteiger partial charge in [0.25, 0.3) is 0 Å². The second kappa shape index (κ2) is 7.23. The molecule has 0 aliphatic carbocycles. The Morgan fingerprint density at radius 1 is 1.15 bits per heavy atom. The minimum absolute atomic E-state index is 0.621. The van der Waals surface area contributed by atoms with Gasteiger partial charge in [0, 0.05) is 41.8 Å². The van der Waals surface area contributed by atoms with E-state index in [1.165, 1.54) is 22.2 Å². The van der Waals surface area contributed by atoms with Gasteiger partial charge in [0.2, 0.25) is 0 Å². The quantitative estimate of drug-likeness (QED) is 0.539. The number of likely N-dealkylation sites (N-methyl/N-ethyl adjacent to an activating group) is 1. The number of benzene rings is 2. The van der Waals surface area contributed by atoms with Gasteiger partial charge in [-0.1, -0.05) is 29.3 Å². The van der Waals surface area contributed by atoms with Crippen LogP contribution in [0, 0.1) is 0 Å². The predicted octanol–water partition coefficient (Wildman–Crippen LogP) is 5.96. The summed E-state index contributed by atoms with van der Waals surface area (Å²) >= 11 is 12.6. The average Bonchev–Trinajstić information content (AvgIpc) is 2.94. The minimum Gasteiger partial charge on any atom is -0.495 e. The van der Waals surface area contributed by atoms with Crippen LogP contribution in [0.5, 0.6) is 5.75 Å². The molecule has 2 heterocycles. The summed E-state index contributed by atoms with van der Waals surface area (Å²) in [6, 6.07) is 12.1. The molecule has 3 nitrogen and oxygen atoms in total. The number of rotatable bonds is 3. The Kier molecular flexibility index (Phi) is 4.94. The van der Waals surface area contributed by atoms with Crippen molar-refractivity contribution in [3.05, 3.63) is 63.3 Å². The Balaban J connectivity index is 1.86. The highest BCUT2D eigenvalue weighted by Gasteiger charge is 2.22. The van der Waals surface area contributed by atoms with E-state index in [1.807, 2.05) is 24.3 Å². The van der Waals surface area contributed by atoms with Gasteiger partial charge in [0.1, 0.15) is 5.75 Å². The number of methoxy groups -OCH3 is 1. The van der Waals surface area contributed by atoms with E-state index in [4.69, 9.17) is 27.9 Å². The molecule has 0 saturated heterocycles. The van der Waals surface area contributed by atoms with Crippen molar-refractivity contribution < 1.29 is 4.74 Å². The Hall–Kier alpha value is -1.94. The molecule has 0 saturated carbocycles. The maximum Gasteiger partial charge on any atom is 0.137 e. The van der Waals surface area contributed by atoms with E-state index in [0.717, 1.165) is 35.7 Å². The number of hydrogen-bond donors (Lipinski definition) is 0. The van der Waals surface area contributed by atoms with E-state index < -0.39 is 0 Å². The summed E-state index contributed by atoms with van der Waals surface area (Å²) in [7, 11) is 3.79. The molecular formula is C22H22Cl2N2O. The molecular weight excluding hydrogens is 379 g/mol. The molecule has 140 valence electrons. The van der Waals surface area contributed by atoms with Crippen molar-refractivity contribution in [1.82, 2.24) is 9.47 Å². The lowest BCUT2D eigenvalue weighted by Crippen LogP contribution is -2.26. The fourth-order valence-electron chi connectivity index (χ4n) is 3.83. The van der Waals surface area contributed by atoms with Crippen LogP contribution < -0.4 is 4.74 Å². The molecule has 2 aromatic carbocycles. The first kappa shape index (κ1) is 18.4. The molecule has 4 rings (SSSR count). The van der Waals surface area contributed by atoms with Crippen molar-refractivity contribution >= 4 is 45.9 Å². The van der Waals surface area contributed by atoms with Gasteiger partial charge in [-0.2, -0.15) is 0 Å². The van der Waals surface area contributed by atoms with Gasteiger partial charge in [-0.25, -0.2) is 0 Å². The number of halogens is 2. The highest BCUT2D eigenvalue weighted by atomic mass is 35.5. The fourth-order valence-corrected chi connectivity index (χ4v) is 4.26. The zero-order valence-electron chi connectivity index (χ0n) is 15.7. The van der Waals surface area contributed by atoms with Crippen molar-refractivity contribution in [2.24, 2.45) is 0 Å². The van der Waals surface area contributed by atoms with Gasteiger partial charge in [0.05, 0.1) is 17.6 Å². The highest BCUT2D eigenvalue weighted by molar-refractivity contribution is 6.32. The van der Waals surface area contributed by atoms with Crippen molar-refractivity contribution in [1.29, 1.82) is 0 Å². The van der Waals surface area contributed by atoms with Crippen LogP contribution in [0.4, 0.5) is 0 Å². The Morgan fingerprint density at radius 2 is 1.96 bits per heavy atom. The van der Waals surface area contributed by atoms with Gasteiger partial charge < -0.3 is 14.2 Å². The molecule has 1 aliphatic heterocycles. The first-order chi connectivity index (χ1) is 13.0. The molecule has 0 amide bonds. The zero-order chi connectivity index (χ0) is 19.1. The first-order valence-corrected chi connectivity index (χ1v) is 9.75. The minimum atomic E-state index is 0.621. The van der Waals surface area contributed by atoms with Crippen LogP contribution in [0.25, 0.3) is 22.7 Å². The van der Waals surface area contributed by atoms with Gasteiger partial charge in [-0.3, -0.25) is 0 Å². The van der Waals surface area contributed by atoms with E-state index >= 15 is 0 Å². The van der Waals surface area contributed by atoms with Crippen LogP contribution in [-0.4, -0.2) is 30.2 Å². The molecule has 0 unspecified atom stereocenters. The molecule has 0 spiro atoms. The predicted molar refractivity (Wildman–Crippen MR) is 115 cm³/mol. The highest BCUT2D eigenvalue weighted by Crippen LogP contribution is 2.34. The third-order valence-electron chi connectivity index (χ3n) is 5.27. The Bertz CT molecular complexity index is 1050. The summed E-state index contributed by atoms with van der Waals surface area (Å²) < 4.78 is 7.59. The monoisotopic (exact) mass is 400 g/mol. The van der Waals surface area contributed by atoms with Crippen molar-refractivity contribution in [3.8, 4) is 5.75 Å². The van der Waals surface area contributed by atoms with Crippen molar-refractivity contribution in [2.45, 2.75) is 19.9 Å². The number of allylic oxidation sites excluding steroid dienone is 1. The standard InChI is InChI=1S/C22H22Cl2N2O/c1-14(15-4-7-22(27-3)19(24)10-15)12-26-20-6-5-16(23)11-17(20)18-13-25(2)9-8-21(18)26/h4-7,10-12H,8-9,13H2,1-3H3. The number of ether oxygens (including phenoxy) is 1. The molecule has 0 bridgehead atoms. The van der Waals surface area contributed by atoms with Crippen LogP contribution >= 0.6 is 23.2 Å². The Morgan fingerprint density at radius 3 is 2.70 bits per heavy atom. The third-order valence-corrected chi connectivity index (χ3v) is 5.80. The summed E-state index contributed by atoms with van der Waals surface area (Å²) in [6.45, 7) is 4.11. The summed E-state index contributed by atoms with van der Waals surface area (Å²) in [5.74, 6) is 0.690. The summed E-state index contributed by atoms with van der Waals surface area (Å²) in [4.78, 5) is 2.35. The number of aromatic nitrogens is 1. The smallest absolute Gasteiger partial charge is 0.137 e. The van der Waals surface area contributed by atoms with Crippen LogP contribution in [0.15, 0.2) is 36.4 Å². The fraction of sp³-hybridized carbons (Fsp3) is 0.273. The second-order valence-electron chi connectivity index (χ2n) is 7.11. The molecule has 0 fully saturated rings. The average molecular weight is 401 g/mol. The SMILES string of the molecule is COc1ccc(C(C)=Cn2c3c(c4cc(Cl)ccc42)CN(C)CC3)cc1Cl. The van der Waals surface area contributed by atoms with E-state index in [1.54, 1.807) is 7.11 Å². The summed E-state index contributed by atoms with van der Waals surface area (Å²) in [5, 5.41) is 2.63. The van der Waals surface area contributed by atoms with Crippen molar-refractivity contribution in [3.63, 3.8) is 0 Å². The topological polar surface area (TPSA) is 17.4 Å². The maximum absolute atomic E-state index is 6.32. The first-order valence-electron chi connectivity index (χ1n) is 9.00. The lowest BCUT2D eigenvalue weighted by molar-refractivity contribution is 0.312. The van der Waals surface area contributed by atoms with Crippen LogP contribution in [0.3, 0.4) is 0 Å². The molecule has 1 aliphatic rings. The molecule has 1 aromatic heterocycles. The maximum atomic E-state index is 6.32. The van der Waals surface area contributed by atoms with Gasteiger partial charge in [0.15, 0.2) is 0 Å². The molecule has 0 radical (unpaired) electrons. The summed E-state index contributed by atoms with van der Waals surface area (Å²) in [6.07, 6.45) is 3.23. The van der Waals surface area contributed by atoms with Crippen LogP contribution in [0.2, 0.25) is 10.0 Å². The van der Waals surface area contributed by atoms with Gasteiger partial charge in [-0.15, -0.1) is 0 Å². The largest absolute Gasteiger partial charge is 0.495 e. The molecule has 27 heavy (non-hydrogen) atoms. The van der Waals surface area contributed by atoms with Gasteiger partial charge in [-0.05, 0) is 61.0 Å². The number of nitrogens with zero attached hydrogens (tertiary/aromatic N) is 2. The third kappa shape index (κ3) is 3.36. The number of fused-ring (bicyclic) bond motifs is 3. The summed E-state index contributed by atoms with van der Waals surface area (Å²) in [5.41, 5.74) is 6.16. The Labute approximate surface area is 169 Å². The van der Waals surface area contributed by atoms with Crippen molar-refractivity contribution in [2.75, 3.05) is 20.7 Å². The van der Waals surface area contributed by atoms with Crippen LogP contribution in [0.1, 0.15) is 23.7 Å². The molecule has 0 atom stereocenters. The lowest BCUT2D eigenvalue weighted by Gasteiger charge is -2.23. The van der Waals surface area contributed by atoms with E-state index in [0.29, 0.717) is 10.8 Å². The molecule has 3 aromatic rings. The van der Waals surface area contributed by atoms with Crippen LogP contribution in [-0.2, 0) is 13.0 Å². The molecule has 5 heteroatoms. The second-order valence-corrected chi connectivity index (χ2v) is 7.95. The number of hydrogen-bond acceptors (Lipinski definition) is 2. The van der Waals surface area contributed by atoms with E-state index in [2.05, 4.69) is 41.8 Å². The van der Waals surface area contributed by atoms with E-state index in [9.17, 15) is 0 Å². The normalized spacial score (nSPS) is 15.2. The lowest BCUT2D eigenvalue weighted by atomic mass is 10.1. The van der Waals surface area contributed by atoms with E-state index in [-0.39, 0.29) is 0 Å².